The predicted molar refractivity (Wildman–Crippen MR) is 194 cm³/mol. The average Bonchev–Trinajstić information content (AvgIpc) is 3.61. The van der Waals surface area contributed by atoms with E-state index in [1.54, 1.807) is 21.6 Å². The van der Waals surface area contributed by atoms with Crippen LogP contribution in [-0.2, 0) is 36.7 Å². The number of carbonyl (C=O) groups excluding carboxylic acids is 3. The second-order valence-corrected chi connectivity index (χ2v) is 14.2. The Balaban J connectivity index is 1.18. The second-order valence-electron chi connectivity index (χ2n) is 11.9. The van der Waals surface area contributed by atoms with E-state index < -0.39 is 12.1 Å². The molecule has 0 aliphatic carbocycles. The Hall–Kier alpha value is -4.36. The Morgan fingerprint density at radius 2 is 1.57 bits per heavy atom. The molecule has 4 aromatic rings. The molecule has 3 amide bonds. The summed E-state index contributed by atoms with van der Waals surface area (Å²) in [7, 11) is 0. The van der Waals surface area contributed by atoms with Crippen LogP contribution in [0.1, 0.15) is 33.5 Å². The van der Waals surface area contributed by atoms with Crippen molar-refractivity contribution < 1.29 is 23.9 Å². The molecule has 4 heterocycles. The molecule has 0 spiro atoms. The highest BCUT2D eigenvalue weighted by Gasteiger charge is 2.54. The summed E-state index contributed by atoms with van der Waals surface area (Å²) in [6.45, 7) is 2.20. The number of thiazole rings is 1. The van der Waals surface area contributed by atoms with Gasteiger partial charge in [0, 0.05) is 29.8 Å². The molecule has 3 aromatic carbocycles. The first-order valence-corrected chi connectivity index (χ1v) is 18.4. The van der Waals surface area contributed by atoms with Gasteiger partial charge in [-0.3, -0.25) is 19.3 Å². The highest BCUT2D eigenvalue weighted by Crippen LogP contribution is 2.45. The molecule has 0 unspecified atom stereocenters. The van der Waals surface area contributed by atoms with Crippen molar-refractivity contribution in [3.8, 4) is 0 Å². The Bertz CT molecular complexity index is 1820. The molecule has 3 aliphatic rings. The van der Waals surface area contributed by atoms with Gasteiger partial charge < -0.3 is 19.7 Å². The lowest BCUT2D eigenvalue weighted by atomic mass is 10.0. The van der Waals surface area contributed by atoms with Gasteiger partial charge in [0.2, 0.25) is 16.9 Å². The van der Waals surface area contributed by atoms with Crippen LogP contribution in [0.3, 0.4) is 0 Å². The largest absolute Gasteiger partial charge is 0.469 e. The Morgan fingerprint density at radius 3 is 2.22 bits per heavy atom. The number of nitrogens with one attached hydrogen (secondary N) is 1. The Labute approximate surface area is 298 Å². The molecule has 2 atom stereocenters. The fourth-order valence-corrected chi connectivity index (χ4v) is 8.75. The molecule has 2 fully saturated rings. The molecular formula is C37H34N4O5S3. The van der Waals surface area contributed by atoms with Gasteiger partial charge in [-0.05, 0) is 28.9 Å². The van der Waals surface area contributed by atoms with Gasteiger partial charge in [-0.25, -0.2) is 4.98 Å². The summed E-state index contributed by atoms with van der Waals surface area (Å²) in [5, 5.41) is 5.33. The van der Waals surface area contributed by atoms with Crippen molar-refractivity contribution in [3.05, 3.63) is 129 Å². The van der Waals surface area contributed by atoms with E-state index in [9.17, 15) is 14.4 Å². The lowest BCUT2D eigenvalue weighted by Crippen LogP contribution is -2.70. The fourth-order valence-electron chi connectivity index (χ4n) is 6.13. The molecule has 9 nitrogen and oxygen atoms in total. The van der Waals surface area contributed by atoms with Crippen LogP contribution < -0.4 is 5.32 Å². The van der Waals surface area contributed by atoms with Crippen LogP contribution in [0.2, 0.25) is 0 Å². The molecule has 7 rings (SSSR count). The molecule has 2 saturated heterocycles. The number of hydrogen-bond acceptors (Lipinski definition) is 9. The van der Waals surface area contributed by atoms with Gasteiger partial charge in [0.05, 0.1) is 31.7 Å². The minimum atomic E-state index is -0.697. The normalized spacial score (nSPS) is 18.9. The number of fused-ring (bicyclic) bond motifs is 1. The smallest absolute Gasteiger partial charge is 0.253 e. The first-order chi connectivity index (χ1) is 24.0. The molecular weight excluding hydrogens is 677 g/mol. The summed E-state index contributed by atoms with van der Waals surface area (Å²) in [6, 6.07) is 28.4. The van der Waals surface area contributed by atoms with E-state index in [1.165, 1.54) is 11.3 Å². The van der Waals surface area contributed by atoms with Crippen molar-refractivity contribution >= 4 is 63.7 Å². The predicted octanol–water partition coefficient (Wildman–Crippen LogP) is 5.03. The van der Waals surface area contributed by atoms with Crippen LogP contribution >= 0.6 is 35.3 Å². The number of ether oxygens (including phenoxy) is 2. The summed E-state index contributed by atoms with van der Waals surface area (Å²) >= 11 is 9.02. The summed E-state index contributed by atoms with van der Waals surface area (Å²) in [5.74, 6) is 0.0196. The van der Waals surface area contributed by atoms with E-state index in [1.807, 2.05) is 96.4 Å². The van der Waals surface area contributed by atoms with Gasteiger partial charge in [0.25, 0.3) is 5.91 Å². The number of thioether (sulfide) groups is 1. The lowest BCUT2D eigenvalue weighted by molar-refractivity contribution is -0.145. The standard InChI is InChI=1S/C37H34N4O5S3/c42-29(20-24-10-4-1-5-11-24)39-31-35(44)41-32(37(47)46-33(25-12-6-2-7-13-25)26-14-8-3-9-15-26)28(23-49-36(31)41)34-38-27(22-48-34)21-30(43)40-16-18-45-19-17-40/h1-15,22,31,33,36H,16-21,23H2,(H,39,42)/t31-,36-/m1/s1. The van der Waals surface area contributed by atoms with E-state index in [2.05, 4.69) is 5.32 Å². The molecule has 0 bridgehead atoms. The van der Waals surface area contributed by atoms with Crippen molar-refractivity contribution in [2.24, 2.45) is 0 Å². The number of aromatic nitrogens is 1. The molecule has 1 aromatic heterocycles. The minimum absolute atomic E-state index is 0.00635. The van der Waals surface area contributed by atoms with Crippen LogP contribution in [0.15, 0.2) is 102 Å². The van der Waals surface area contributed by atoms with E-state index in [0.29, 0.717) is 48.5 Å². The zero-order valence-electron chi connectivity index (χ0n) is 26.5. The molecule has 49 heavy (non-hydrogen) atoms. The first kappa shape index (κ1) is 33.2. The Kier molecular flexibility index (Phi) is 10.2. The number of rotatable bonds is 10. The van der Waals surface area contributed by atoms with Crippen LogP contribution in [0.25, 0.3) is 5.57 Å². The molecule has 3 aliphatic heterocycles. The third kappa shape index (κ3) is 7.32. The van der Waals surface area contributed by atoms with Crippen molar-refractivity contribution in [1.29, 1.82) is 0 Å². The van der Waals surface area contributed by atoms with Gasteiger partial charge >= 0.3 is 0 Å². The highest BCUT2D eigenvalue weighted by molar-refractivity contribution is 8.00. The summed E-state index contributed by atoms with van der Waals surface area (Å²) in [6.07, 6.45) is -0.163. The summed E-state index contributed by atoms with van der Waals surface area (Å²) < 4.78 is 12.0. The number of hydrogen-bond donors (Lipinski definition) is 1. The van der Waals surface area contributed by atoms with Crippen LogP contribution in [0, 0.1) is 0 Å². The van der Waals surface area contributed by atoms with Gasteiger partial charge in [0.1, 0.15) is 28.2 Å². The van der Waals surface area contributed by atoms with E-state index >= 15 is 0 Å². The van der Waals surface area contributed by atoms with Crippen LogP contribution in [0.4, 0.5) is 0 Å². The highest BCUT2D eigenvalue weighted by atomic mass is 32.2. The number of β-lactam (4-membered cyclic amide) rings is 1. The topological polar surface area (TPSA) is 101 Å². The molecule has 0 saturated carbocycles. The number of carbonyl (C=O) groups is 3. The van der Waals surface area contributed by atoms with Gasteiger partial charge in [-0.1, -0.05) is 91.0 Å². The maximum atomic E-state index is 13.9. The molecule has 1 N–H and O–H groups in total. The van der Waals surface area contributed by atoms with Crippen molar-refractivity contribution in [1.82, 2.24) is 20.1 Å². The van der Waals surface area contributed by atoms with Gasteiger partial charge in [-0.2, -0.15) is 0 Å². The van der Waals surface area contributed by atoms with Gasteiger partial charge in [-0.15, -0.1) is 23.1 Å². The lowest BCUT2D eigenvalue weighted by Gasteiger charge is -2.50. The Morgan fingerprint density at radius 1 is 0.939 bits per heavy atom. The molecule has 250 valence electrons. The third-order valence-electron chi connectivity index (χ3n) is 8.62. The number of thiocarbonyl (C=S) groups is 1. The first-order valence-electron chi connectivity index (χ1n) is 16.1. The van der Waals surface area contributed by atoms with Crippen molar-refractivity contribution in [3.63, 3.8) is 0 Å². The maximum absolute atomic E-state index is 13.9. The maximum Gasteiger partial charge on any atom is 0.253 e. The average molecular weight is 711 g/mol. The second kappa shape index (κ2) is 15.0. The zero-order chi connectivity index (χ0) is 33.7. The van der Waals surface area contributed by atoms with E-state index in [4.69, 9.17) is 26.7 Å². The quantitative estimate of drug-likeness (QED) is 0.181. The number of amides is 3. The summed E-state index contributed by atoms with van der Waals surface area (Å²) in [5.41, 5.74) is 4.61. The summed E-state index contributed by atoms with van der Waals surface area (Å²) in [4.78, 5) is 48.2. The fraction of sp³-hybridized carbons (Fsp3) is 0.270. The van der Waals surface area contributed by atoms with Crippen LogP contribution in [0.5, 0.6) is 0 Å². The zero-order valence-corrected chi connectivity index (χ0v) is 29.0. The monoisotopic (exact) mass is 710 g/mol. The number of nitrogens with zero attached hydrogens (tertiary/aromatic N) is 3. The SMILES string of the molecule is O=C(Cc1ccccc1)N[C@@H]1C(=O)N2C(C(=S)OC(c3ccccc3)c3ccccc3)=C(c3nc(CC(=O)N4CCOCC4)cs3)CS[C@H]12. The van der Waals surface area contributed by atoms with Crippen molar-refractivity contribution in [2.45, 2.75) is 30.4 Å². The molecule has 0 radical (unpaired) electrons. The van der Waals surface area contributed by atoms with Crippen molar-refractivity contribution in [2.75, 3.05) is 32.1 Å². The molecule has 12 heteroatoms. The number of morpholine rings is 1. The van der Waals surface area contributed by atoms with Gasteiger partial charge in [0.15, 0.2) is 0 Å². The van der Waals surface area contributed by atoms with Crippen LogP contribution in [-0.4, -0.2) is 81.0 Å². The minimum Gasteiger partial charge on any atom is -0.469 e. The number of benzene rings is 3. The third-order valence-corrected chi connectivity index (χ3v) is 11.1. The van der Waals surface area contributed by atoms with E-state index in [-0.39, 0.29) is 41.0 Å². The van der Waals surface area contributed by atoms with E-state index in [0.717, 1.165) is 22.3 Å².